The molecule has 13 heavy (non-hydrogen) atoms. The summed E-state index contributed by atoms with van der Waals surface area (Å²) >= 11 is 0. The fourth-order valence-electron chi connectivity index (χ4n) is 1.56. The molecule has 0 aliphatic heterocycles. The molecule has 2 heteroatoms. The van der Waals surface area contributed by atoms with Gasteiger partial charge in [-0.2, -0.15) is 5.10 Å². The fraction of sp³-hybridized carbons (Fsp3) is 0.727. The lowest BCUT2D eigenvalue weighted by Gasteiger charge is -2.09. The molecule has 1 rings (SSSR count). The zero-order valence-corrected chi connectivity index (χ0v) is 9.33. The summed E-state index contributed by atoms with van der Waals surface area (Å²) in [5.74, 6) is 1.25. The van der Waals surface area contributed by atoms with E-state index >= 15 is 0 Å². The van der Waals surface area contributed by atoms with E-state index in [2.05, 4.69) is 44.4 Å². The van der Waals surface area contributed by atoms with Crippen molar-refractivity contribution < 1.29 is 0 Å². The first-order chi connectivity index (χ1) is 6.02. The van der Waals surface area contributed by atoms with E-state index in [1.54, 1.807) is 0 Å². The molecule has 0 spiro atoms. The van der Waals surface area contributed by atoms with Crippen molar-refractivity contribution in [3.63, 3.8) is 0 Å². The van der Waals surface area contributed by atoms with Crippen LogP contribution in [0.1, 0.15) is 44.9 Å². The summed E-state index contributed by atoms with van der Waals surface area (Å²) < 4.78 is 2.11. The normalized spacial score (nSPS) is 11.6. The highest BCUT2D eigenvalue weighted by atomic mass is 15.3. The summed E-state index contributed by atoms with van der Waals surface area (Å²) in [7, 11) is 0. The number of hydrogen-bond donors (Lipinski definition) is 0. The predicted molar refractivity (Wildman–Crippen MR) is 55.9 cm³/mol. The van der Waals surface area contributed by atoms with E-state index in [1.807, 2.05) is 6.20 Å². The molecule has 0 saturated carbocycles. The SMILES string of the molecule is Cc1c(C(C)C)cnn1CC(C)C. The van der Waals surface area contributed by atoms with E-state index in [1.165, 1.54) is 11.3 Å². The fourth-order valence-corrected chi connectivity index (χ4v) is 1.56. The molecule has 0 N–H and O–H groups in total. The molecule has 1 heterocycles. The molecule has 0 aromatic carbocycles. The van der Waals surface area contributed by atoms with Crippen LogP contribution >= 0.6 is 0 Å². The number of nitrogens with zero attached hydrogens (tertiary/aromatic N) is 2. The Morgan fingerprint density at radius 1 is 1.31 bits per heavy atom. The maximum Gasteiger partial charge on any atom is 0.0527 e. The molecule has 0 aliphatic rings. The van der Waals surface area contributed by atoms with Gasteiger partial charge in [-0.05, 0) is 24.3 Å². The summed E-state index contributed by atoms with van der Waals surface area (Å²) in [6, 6.07) is 0. The minimum atomic E-state index is 0.584. The first kappa shape index (κ1) is 10.3. The van der Waals surface area contributed by atoms with Gasteiger partial charge >= 0.3 is 0 Å². The quantitative estimate of drug-likeness (QED) is 0.699. The van der Waals surface area contributed by atoms with Crippen molar-refractivity contribution in [3.05, 3.63) is 17.5 Å². The first-order valence-corrected chi connectivity index (χ1v) is 5.04. The van der Waals surface area contributed by atoms with Crippen LogP contribution in [0, 0.1) is 12.8 Å². The Kier molecular flexibility index (Phi) is 3.12. The smallest absolute Gasteiger partial charge is 0.0527 e. The van der Waals surface area contributed by atoms with Crippen LogP contribution in [0.15, 0.2) is 6.20 Å². The van der Waals surface area contributed by atoms with Crippen LogP contribution in [0.4, 0.5) is 0 Å². The maximum absolute atomic E-state index is 4.39. The van der Waals surface area contributed by atoms with Crippen LogP contribution in [0.2, 0.25) is 0 Å². The van der Waals surface area contributed by atoms with Crippen LogP contribution in [0.25, 0.3) is 0 Å². The van der Waals surface area contributed by atoms with Gasteiger partial charge in [-0.25, -0.2) is 0 Å². The Morgan fingerprint density at radius 3 is 2.31 bits per heavy atom. The minimum Gasteiger partial charge on any atom is -0.269 e. The van der Waals surface area contributed by atoms with Crippen molar-refractivity contribution in [3.8, 4) is 0 Å². The Hall–Kier alpha value is -0.790. The molecule has 0 saturated heterocycles. The van der Waals surface area contributed by atoms with Crippen molar-refractivity contribution in [2.75, 3.05) is 0 Å². The average Bonchev–Trinajstić information content (AvgIpc) is 2.32. The van der Waals surface area contributed by atoms with Crippen LogP contribution in [-0.2, 0) is 6.54 Å². The second kappa shape index (κ2) is 3.95. The Morgan fingerprint density at radius 2 is 1.92 bits per heavy atom. The molecule has 1 aromatic rings. The molecule has 2 nitrogen and oxygen atoms in total. The lowest BCUT2D eigenvalue weighted by molar-refractivity contribution is 0.474. The van der Waals surface area contributed by atoms with E-state index in [0.717, 1.165) is 6.54 Å². The Bertz CT molecular complexity index is 272. The molecular formula is C11H20N2. The maximum atomic E-state index is 4.39. The molecule has 0 aliphatic carbocycles. The van der Waals surface area contributed by atoms with Gasteiger partial charge in [0, 0.05) is 12.2 Å². The van der Waals surface area contributed by atoms with Crippen molar-refractivity contribution in [1.29, 1.82) is 0 Å². The minimum absolute atomic E-state index is 0.584. The third-order valence-electron chi connectivity index (χ3n) is 2.30. The van der Waals surface area contributed by atoms with Gasteiger partial charge in [0.05, 0.1) is 6.20 Å². The van der Waals surface area contributed by atoms with Crippen LogP contribution in [-0.4, -0.2) is 9.78 Å². The lowest BCUT2D eigenvalue weighted by atomic mass is 10.1. The van der Waals surface area contributed by atoms with Crippen LogP contribution in [0.5, 0.6) is 0 Å². The molecule has 74 valence electrons. The van der Waals surface area contributed by atoms with Crippen molar-refractivity contribution in [2.24, 2.45) is 5.92 Å². The monoisotopic (exact) mass is 180 g/mol. The van der Waals surface area contributed by atoms with E-state index in [-0.39, 0.29) is 0 Å². The third-order valence-corrected chi connectivity index (χ3v) is 2.30. The molecule has 0 radical (unpaired) electrons. The summed E-state index contributed by atoms with van der Waals surface area (Å²) in [6.07, 6.45) is 2.00. The summed E-state index contributed by atoms with van der Waals surface area (Å²) in [4.78, 5) is 0. The van der Waals surface area contributed by atoms with Gasteiger partial charge in [-0.3, -0.25) is 4.68 Å². The summed E-state index contributed by atoms with van der Waals surface area (Å²) in [5.41, 5.74) is 2.70. The number of hydrogen-bond acceptors (Lipinski definition) is 1. The first-order valence-electron chi connectivity index (χ1n) is 5.04. The molecule has 0 unspecified atom stereocenters. The highest BCUT2D eigenvalue weighted by Crippen LogP contribution is 2.18. The van der Waals surface area contributed by atoms with Gasteiger partial charge in [0.2, 0.25) is 0 Å². The summed E-state index contributed by atoms with van der Waals surface area (Å²) in [5, 5.41) is 4.39. The molecule has 0 fully saturated rings. The standard InChI is InChI=1S/C11H20N2/c1-8(2)7-13-10(5)11(6-12-13)9(3)4/h6,8-9H,7H2,1-5H3. The largest absolute Gasteiger partial charge is 0.269 e. The molecule has 0 atom stereocenters. The van der Waals surface area contributed by atoms with Gasteiger partial charge in [0.25, 0.3) is 0 Å². The van der Waals surface area contributed by atoms with E-state index in [9.17, 15) is 0 Å². The highest BCUT2D eigenvalue weighted by Gasteiger charge is 2.09. The Balaban J connectivity index is 2.86. The third kappa shape index (κ3) is 2.33. The molecule has 0 bridgehead atoms. The van der Waals surface area contributed by atoms with Crippen LogP contribution < -0.4 is 0 Å². The average molecular weight is 180 g/mol. The van der Waals surface area contributed by atoms with E-state index in [4.69, 9.17) is 0 Å². The second-order valence-corrected chi connectivity index (χ2v) is 4.42. The highest BCUT2D eigenvalue weighted by molar-refractivity contribution is 5.19. The lowest BCUT2D eigenvalue weighted by Crippen LogP contribution is -2.08. The van der Waals surface area contributed by atoms with Crippen molar-refractivity contribution in [2.45, 2.75) is 47.1 Å². The van der Waals surface area contributed by atoms with Gasteiger partial charge in [-0.1, -0.05) is 27.7 Å². The van der Waals surface area contributed by atoms with Crippen molar-refractivity contribution in [1.82, 2.24) is 9.78 Å². The van der Waals surface area contributed by atoms with Gasteiger partial charge in [0.15, 0.2) is 0 Å². The molecule has 0 amide bonds. The zero-order valence-electron chi connectivity index (χ0n) is 9.33. The number of rotatable bonds is 3. The Labute approximate surface area is 81.0 Å². The second-order valence-electron chi connectivity index (χ2n) is 4.42. The predicted octanol–water partition coefficient (Wildman–Crippen LogP) is 2.97. The zero-order chi connectivity index (χ0) is 10.0. The van der Waals surface area contributed by atoms with Gasteiger partial charge in [-0.15, -0.1) is 0 Å². The summed E-state index contributed by atoms with van der Waals surface area (Å²) in [6.45, 7) is 12.0. The van der Waals surface area contributed by atoms with Gasteiger partial charge in [0.1, 0.15) is 0 Å². The van der Waals surface area contributed by atoms with Crippen molar-refractivity contribution >= 4 is 0 Å². The van der Waals surface area contributed by atoms with E-state index in [0.29, 0.717) is 11.8 Å². The number of aromatic nitrogens is 2. The van der Waals surface area contributed by atoms with Gasteiger partial charge < -0.3 is 0 Å². The van der Waals surface area contributed by atoms with Crippen LogP contribution in [0.3, 0.4) is 0 Å². The van der Waals surface area contributed by atoms with E-state index < -0.39 is 0 Å². The molecule has 1 aromatic heterocycles. The topological polar surface area (TPSA) is 17.8 Å². The molecular weight excluding hydrogens is 160 g/mol.